The molecular formula is C12H24Se4. The van der Waals surface area contributed by atoms with Crippen molar-refractivity contribution in [3.63, 3.8) is 0 Å². The third-order valence-corrected chi connectivity index (χ3v) is 19.8. The Morgan fingerprint density at radius 3 is 1.75 bits per heavy atom. The van der Waals surface area contributed by atoms with Gasteiger partial charge in [-0.2, -0.15) is 0 Å². The summed E-state index contributed by atoms with van der Waals surface area (Å²) < 4.78 is 0. The Morgan fingerprint density at radius 1 is 0.875 bits per heavy atom. The van der Waals surface area contributed by atoms with E-state index in [2.05, 4.69) is 27.7 Å². The molecule has 2 fully saturated rings. The normalized spacial score (nSPS) is 26.2. The Hall–Kier alpha value is 2.08. The second-order valence-electron chi connectivity index (χ2n) is 5.06. The van der Waals surface area contributed by atoms with Gasteiger partial charge in [0.05, 0.1) is 0 Å². The van der Waals surface area contributed by atoms with Crippen LogP contribution in [0.15, 0.2) is 0 Å². The summed E-state index contributed by atoms with van der Waals surface area (Å²) in [6.45, 7) is 9.46. The van der Waals surface area contributed by atoms with Crippen LogP contribution in [0, 0.1) is 17.8 Å². The molecule has 16 heavy (non-hydrogen) atoms. The molecule has 0 radical (unpaired) electrons. The fourth-order valence-electron chi connectivity index (χ4n) is 1.50. The number of hydrogen-bond acceptors (Lipinski definition) is 0. The summed E-state index contributed by atoms with van der Waals surface area (Å²) in [6, 6.07) is 0. The summed E-state index contributed by atoms with van der Waals surface area (Å²) in [5.74, 6) is 3.08. The molecular weight excluding hydrogens is 460 g/mol. The van der Waals surface area contributed by atoms with E-state index in [0.29, 0.717) is 0 Å². The van der Waals surface area contributed by atoms with Gasteiger partial charge in [-0.25, -0.2) is 0 Å². The van der Waals surface area contributed by atoms with Crippen molar-refractivity contribution in [1.29, 1.82) is 0 Å². The van der Waals surface area contributed by atoms with Gasteiger partial charge in [0.2, 0.25) is 0 Å². The van der Waals surface area contributed by atoms with E-state index in [-0.39, 0.29) is 0 Å². The molecule has 2 aliphatic rings. The van der Waals surface area contributed by atoms with Crippen LogP contribution >= 0.6 is 0 Å². The first-order valence-corrected chi connectivity index (χ1v) is 19.4. The summed E-state index contributed by atoms with van der Waals surface area (Å²) in [4.78, 5) is 1.16. The molecule has 0 aromatic rings. The second-order valence-corrected chi connectivity index (χ2v) is 20.3. The first-order chi connectivity index (χ1) is 7.61. The summed E-state index contributed by atoms with van der Waals surface area (Å²) in [5, 5.41) is 4.76. The van der Waals surface area contributed by atoms with Crippen LogP contribution in [0.5, 0.6) is 0 Å². The first kappa shape index (κ1) is 16.1. The molecule has 0 aromatic heterocycles. The van der Waals surface area contributed by atoms with Crippen LogP contribution in [-0.2, 0) is 0 Å². The van der Waals surface area contributed by atoms with Crippen molar-refractivity contribution in [2.45, 2.75) is 54.9 Å². The molecule has 1 unspecified atom stereocenters. The van der Waals surface area contributed by atoms with Gasteiger partial charge in [0.15, 0.2) is 0 Å². The van der Waals surface area contributed by atoms with Crippen LogP contribution < -0.4 is 0 Å². The molecule has 1 atom stereocenters. The fourth-order valence-corrected chi connectivity index (χ4v) is 21.9. The van der Waals surface area contributed by atoms with E-state index in [4.69, 9.17) is 0 Å². The van der Waals surface area contributed by atoms with Gasteiger partial charge >= 0.3 is 125 Å². The van der Waals surface area contributed by atoms with Crippen LogP contribution in [0.2, 0.25) is 20.8 Å². The molecule has 2 saturated heterocycles. The van der Waals surface area contributed by atoms with Crippen molar-refractivity contribution in [2.75, 3.05) is 0 Å². The molecule has 96 valence electrons. The zero-order chi connectivity index (χ0) is 12.0. The molecule has 0 bridgehead atoms. The van der Waals surface area contributed by atoms with E-state index < -0.39 is 0 Å². The van der Waals surface area contributed by atoms with Crippen molar-refractivity contribution in [1.82, 2.24) is 0 Å². The monoisotopic (exact) mass is 488 g/mol. The SMILES string of the molecule is CC(C)C1CC[Se][Se]1.CC(C)C1C[Se][Se]C1. The summed E-state index contributed by atoms with van der Waals surface area (Å²) >= 11 is 4.33. The molecule has 4 heteroatoms. The topological polar surface area (TPSA) is 0 Å². The van der Waals surface area contributed by atoms with Crippen molar-refractivity contribution >= 4 is 52.5 Å². The van der Waals surface area contributed by atoms with E-state index in [9.17, 15) is 0 Å². The zero-order valence-corrected chi connectivity index (χ0v) is 17.6. The van der Waals surface area contributed by atoms with Gasteiger partial charge < -0.3 is 0 Å². The van der Waals surface area contributed by atoms with Gasteiger partial charge in [0.25, 0.3) is 0 Å². The Labute approximate surface area is 124 Å². The Morgan fingerprint density at radius 2 is 1.50 bits per heavy atom. The van der Waals surface area contributed by atoms with E-state index in [1.54, 1.807) is 22.4 Å². The molecule has 2 heterocycles. The van der Waals surface area contributed by atoms with Gasteiger partial charge in [0.1, 0.15) is 0 Å². The molecule has 0 aromatic carbocycles. The zero-order valence-electron chi connectivity index (χ0n) is 10.8. The molecule has 0 aliphatic carbocycles. The average Bonchev–Trinajstić information content (AvgIpc) is 2.93. The van der Waals surface area contributed by atoms with Crippen LogP contribution in [0.4, 0.5) is 0 Å². The van der Waals surface area contributed by atoms with Crippen LogP contribution in [0.3, 0.4) is 0 Å². The molecule has 0 amide bonds. The molecule has 0 spiro atoms. The third-order valence-electron chi connectivity index (χ3n) is 3.01. The standard InChI is InChI=1S/2C6H12Se2/c1-5(2)6-3-7-8-4-6;1-5(2)6-3-4-7-8-6/h2*5-6H,3-4H2,1-2H3. The van der Waals surface area contributed by atoms with E-state index in [1.165, 1.54) is 0 Å². The Kier molecular flexibility index (Phi) is 9.13. The van der Waals surface area contributed by atoms with Crippen LogP contribution in [0.1, 0.15) is 34.1 Å². The molecule has 0 saturated carbocycles. The van der Waals surface area contributed by atoms with Crippen molar-refractivity contribution in [2.24, 2.45) is 17.8 Å². The summed E-state index contributed by atoms with van der Waals surface area (Å²) in [7, 11) is 0. The number of hydrogen-bond donors (Lipinski definition) is 0. The van der Waals surface area contributed by atoms with Crippen molar-refractivity contribution < 1.29 is 0 Å². The van der Waals surface area contributed by atoms with Crippen molar-refractivity contribution in [3.05, 3.63) is 0 Å². The average molecular weight is 484 g/mol. The minimum absolute atomic E-state index is 0.973. The predicted octanol–water partition coefficient (Wildman–Crippen LogP) is 3.01. The predicted molar refractivity (Wildman–Crippen MR) is 79.0 cm³/mol. The second kappa shape index (κ2) is 9.06. The Balaban J connectivity index is 0.000000160. The minimum atomic E-state index is 0.973. The van der Waals surface area contributed by atoms with Crippen molar-refractivity contribution in [3.8, 4) is 0 Å². The maximum absolute atomic E-state index is 2.37. The fraction of sp³-hybridized carbons (Fsp3) is 1.00. The van der Waals surface area contributed by atoms with Gasteiger partial charge in [-0.3, -0.25) is 0 Å². The Bertz CT molecular complexity index is 150. The van der Waals surface area contributed by atoms with E-state index in [1.807, 2.05) is 0 Å². The summed E-state index contributed by atoms with van der Waals surface area (Å²) in [5.41, 5.74) is 0. The van der Waals surface area contributed by atoms with E-state index >= 15 is 0 Å². The van der Waals surface area contributed by atoms with Crippen LogP contribution in [-0.4, -0.2) is 52.5 Å². The molecule has 0 nitrogen and oxygen atoms in total. The maximum atomic E-state index is 2.37. The quantitative estimate of drug-likeness (QED) is 0.530. The van der Waals surface area contributed by atoms with Gasteiger partial charge in [0, 0.05) is 0 Å². The molecule has 0 N–H and O–H groups in total. The summed E-state index contributed by atoms with van der Waals surface area (Å²) in [6.07, 6.45) is 1.55. The first-order valence-electron chi connectivity index (χ1n) is 6.14. The van der Waals surface area contributed by atoms with E-state index in [0.717, 1.165) is 75.1 Å². The number of rotatable bonds is 2. The third kappa shape index (κ3) is 6.30. The molecule has 2 rings (SSSR count). The van der Waals surface area contributed by atoms with Gasteiger partial charge in [-0.15, -0.1) is 0 Å². The molecule has 2 aliphatic heterocycles. The van der Waals surface area contributed by atoms with Gasteiger partial charge in [-0.1, -0.05) is 0 Å². The van der Waals surface area contributed by atoms with Crippen LogP contribution in [0.25, 0.3) is 0 Å². The van der Waals surface area contributed by atoms with Gasteiger partial charge in [-0.05, 0) is 0 Å².